The smallest absolute Gasteiger partial charge is 0.242 e. The van der Waals surface area contributed by atoms with Gasteiger partial charge in [0.05, 0.1) is 17.1 Å². The van der Waals surface area contributed by atoms with Crippen LogP contribution in [0.1, 0.15) is 38.3 Å². The number of hydrogen-bond donors (Lipinski definition) is 2. The predicted octanol–water partition coefficient (Wildman–Crippen LogP) is 3.08. The van der Waals surface area contributed by atoms with Crippen molar-refractivity contribution in [3.05, 3.63) is 40.2 Å². The van der Waals surface area contributed by atoms with Crippen molar-refractivity contribution in [2.75, 3.05) is 0 Å². The maximum Gasteiger partial charge on any atom is 0.242 e. The molecule has 5 nitrogen and oxygen atoms in total. The molecule has 2 N–H and O–H groups in total. The number of aromatic nitrogens is 1. The minimum absolute atomic E-state index is 0.172. The normalized spacial score (nSPS) is 12.5. The summed E-state index contributed by atoms with van der Waals surface area (Å²) in [6.45, 7) is 9.39. The summed E-state index contributed by atoms with van der Waals surface area (Å²) in [5.74, 6) is -0.357. The Morgan fingerprint density at radius 1 is 1.20 bits per heavy atom. The van der Waals surface area contributed by atoms with E-state index in [1.165, 1.54) is 0 Å². The molecule has 0 aliphatic rings. The van der Waals surface area contributed by atoms with Gasteiger partial charge in [-0.1, -0.05) is 24.3 Å². The SMILES string of the molecule is Cc1nc(-c2ccc(CC(=O)NC(C)C(=O)NC(C)(C)C)cc2)cs1. The fourth-order valence-electron chi connectivity index (χ4n) is 2.31. The molecule has 2 aromatic rings. The van der Waals surface area contributed by atoms with Crippen molar-refractivity contribution in [1.82, 2.24) is 15.6 Å². The average Bonchev–Trinajstić information content (AvgIpc) is 2.92. The van der Waals surface area contributed by atoms with E-state index in [0.29, 0.717) is 0 Å². The standard InChI is InChI=1S/C19H25N3O2S/c1-12(18(24)22-19(3,4)5)20-17(23)10-14-6-8-15(9-7-14)16-11-25-13(2)21-16/h6-9,11-12H,10H2,1-5H3,(H,20,23)(H,22,24). The van der Waals surface area contributed by atoms with Crippen LogP contribution in [-0.4, -0.2) is 28.4 Å². The average molecular weight is 359 g/mol. The lowest BCUT2D eigenvalue weighted by molar-refractivity contribution is -0.129. The number of carbonyl (C=O) groups excluding carboxylic acids is 2. The molecule has 1 aromatic heterocycles. The number of benzene rings is 1. The summed E-state index contributed by atoms with van der Waals surface area (Å²) < 4.78 is 0. The Kier molecular flexibility index (Phi) is 5.95. The maximum atomic E-state index is 12.1. The van der Waals surface area contributed by atoms with Gasteiger partial charge in [0.2, 0.25) is 11.8 Å². The molecule has 1 atom stereocenters. The number of amides is 2. The highest BCUT2D eigenvalue weighted by Crippen LogP contribution is 2.21. The van der Waals surface area contributed by atoms with Crippen LogP contribution in [-0.2, 0) is 16.0 Å². The van der Waals surface area contributed by atoms with E-state index < -0.39 is 6.04 Å². The highest BCUT2D eigenvalue weighted by molar-refractivity contribution is 7.09. The fraction of sp³-hybridized carbons (Fsp3) is 0.421. The van der Waals surface area contributed by atoms with E-state index >= 15 is 0 Å². The molecule has 0 saturated heterocycles. The van der Waals surface area contributed by atoms with Crippen molar-refractivity contribution < 1.29 is 9.59 Å². The van der Waals surface area contributed by atoms with Gasteiger partial charge in [-0.25, -0.2) is 4.98 Å². The van der Waals surface area contributed by atoms with Crippen LogP contribution in [0.4, 0.5) is 0 Å². The molecule has 0 aliphatic heterocycles. The number of thiazole rings is 1. The minimum Gasteiger partial charge on any atom is -0.350 e. The molecule has 6 heteroatoms. The maximum absolute atomic E-state index is 12.1. The van der Waals surface area contributed by atoms with Gasteiger partial charge in [0.1, 0.15) is 6.04 Å². The number of nitrogens with one attached hydrogen (secondary N) is 2. The second-order valence-electron chi connectivity index (χ2n) is 7.15. The topological polar surface area (TPSA) is 71.1 Å². The van der Waals surface area contributed by atoms with E-state index in [4.69, 9.17) is 0 Å². The molecule has 0 radical (unpaired) electrons. The van der Waals surface area contributed by atoms with Crippen LogP contribution in [0.2, 0.25) is 0 Å². The number of aryl methyl sites for hydroxylation is 1. The van der Waals surface area contributed by atoms with Gasteiger partial charge in [0, 0.05) is 16.5 Å². The zero-order valence-electron chi connectivity index (χ0n) is 15.3. The lowest BCUT2D eigenvalue weighted by Crippen LogP contribution is -2.51. The molecule has 1 heterocycles. The van der Waals surface area contributed by atoms with Crippen molar-refractivity contribution >= 4 is 23.2 Å². The van der Waals surface area contributed by atoms with Crippen molar-refractivity contribution in [1.29, 1.82) is 0 Å². The summed E-state index contributed by atoms with van der Waals surface area (Å²) >= 11 is 1.61. The molecule has 0 bridgehead atoms. The first-order valence-electron chi connectivity index (χ1n) is 8.27. The molecule has 0 saturated carbocycles. The van der Waals surface area contributed by atoms with Crippen LogP contribution < -0.4 is 10.6 Å². The van der Waals surface area contributed by atoms with E-state index in [1.807, 2.05) is 57.3 Å². The Labute approximate surface area is 152 Å². The lowest BCUT2D eigenvalue weighted by Gasteiger charge is -2.23. The number of hydrogen-bond acceptors (Lipinski definition) is 4. The first-order valence-corrected chi connectivity index (χ1v) is 9.15. The van der Waals surface area contributed by atoms with E-state index in [2.05, 4.69) is 15.6 Å². The molecular formula is C19H25N3O2S. The molecule has 2 rings (SSSR count). The van der Waals surface area contributed by atoms with Gasteiger partial charge in [-0.05, 0) is 40.2 Å². The number of nitrogens with zero attached hydrogens (tertiary/aromatic N) is 1. The third-order valence-corrected chi connectivity index (χ3v) is 4.28. The Bertz CT molecular complexity index is 745. The summed E-state index contributed by atoms with van der Waals surface area (Å²) in [7, 11) is 0. The first-order chi connectivity index (χ1) is 11.6. The van der Waals surface area contributed by atoms with Gasteiger partial charge >= 0.3 is 0 Å². The lowest BCUT2D eigenvalue weighted by atomic mass is 10.1. The van der Waals surface area contributed by atoms with Crippen molar-refractivity contribution in [3.8, 4) is 11.3 Å². The summed E-state index contributed by atoms with van der Waals surface area (Å²) in [6.07, 6.45) is 0.240. The fourth-order valence-corrected chi connectivity index (χ4v) is 2.93. The summed E-state index contributed by atoms with van der Waals surface area (Å²) in [4.78, 5) is 28.6. The van der Waals surface area contributed by atoms with E-state index in [9.17, 15) is 9.59 Å². The number of rotatable bonds is 5. The molecule has 0 spiro atoms. The predicted molar refractivity (Wildman–Crippen MR) is 101 cm³/mol. The minimum atomic E-state index is -0.566. The largest absolute Gasteiger partial charge is 0.350 e. The third-order valence-electron chi connectivity index (χ3n) is 3.50. The molecule has 25 heavy (non-hydrogen) atoms. The molecule has 2 amide bonds. The second kappa shape index (κ2) is 7.78. The van der Waals surface area contributed by atoms with Gasteiger partial charge < -0.3 is 10.6 Å². The molecule has 0 aliphatic carbocycles. The zero-order valence-corrected chi connectivity index (χ0v) is 16.2. The highest BCUT2D eigenvalue weighted by atomic mass is 32.1. The molecule has 1 aromatic carbocycles. The van der Waals surface area contributed by atoms with Crippen LogP contribution >= 0.6 is 11.3 Å². The zero-order chi connectivity index (χ0) is 18.6. The van der Waals surface area contributed by atoms with Gasteiger partial charge in [-0.2, -0.15) is 0 Å². The van der Waals surface area contributed by atoms with E-state index in [1.54, 1.807) is 18.3 Å². The Hall–Kier alpha value is -2.21. The Balaban J connectivity index is 1.91. The summed E-state index contributed by atoms with van der Waals surface area (Å²) in [5, 5.41) is 8.64. The van der Waals surface area contributed by atoms with E-state index in [0.717, 1.165) is 21.8 Å². The van der Waals surface area contributed by atoms with Crippen molar-refractivity contribution in [2.45, 2.75) is 52.6 Å². The monoisotopic (exact) mass is 359 g/mol. The van der Waals surface area contributed by atoms with Crippen LogP contribution in [0.15, 0.2) is 29.6 Å². The molecule has 0 fully saturated rings. The van der Waals surface area contributed by atoms with Crippen LogP contribution in [0.25, 0.3) is 11.3 Å². The van der Waals surface area contributed by atoms with Crippen molar-refractivity contribution in [3.63, 3.8) is 0 Å². The van der Waals surface area contributed by atoms with Crippen LogP contribution in [0.3, 0.4) is 0 Å². The summed E-state index contributed by atoms with van der Waals surface area (Å²) in [5.41, 5.74) is 2.56. The number of carbonyl (C=O) groups is 2. The van der Waals surface area contributed by atoms with Gasteiger partial charge in [-0.3, -0.25) is 9.59 Å². The Morgan fingerprint density at radius 3 is 2.36 bits per heavy atom. The quantitative estimate of drug-likeness (QED) is 0.862. The second-order valence-corrected chi connectivity index (χ2v) is 8.22. The molecular weight excluding hydrogens is 334 g/mol. The van der Waals surface area contributed by atoms with E-state index in [-0.39, 0.29) is 23.8 Å². The molecule has 134 valence electrons. The summed E-state index contributed by atoms with van der Waals surface area (Å²) in [6, 6.07) is 7.20. The van der Waals surface area contributed by atoms with Gasteiger partial charge in [0.25, 0.3) is 0 Å². The first kappa shape index (κ1) is 19.1. The highest BCUT2D eigenvalue weighted by Gasteiger charge is 2.20. The molecule has 1 unspecified atom stereocenters. The van der Waals surface area contributed by atoms with Crippen LogP contribution in [0.5, 0.6) is 0 Å². The van der Waals surface area contributed by atoms with Crippen molar-refractivity contribution in [2.24, 2.45) is 0 Å². The third kappa shape index (κ3) is 5.98. The van der Waals surface area contributed by atoms with Gasteiger partial charge in [0.15, 0.2) is 0 Å². The van der Waals surface area contributed by atoms with Gasteiger partial charge in [-0.15, -0.1) is 11.3 Å². The Morgan fingerprint density at radius 2 is 1.84 bits per heavy atom. The van der Waals surface area contributed by atoms with Crippen LogP contribution in [0, 0.1) is 6.92 Å².